The predicted molar refractivity (Wildman–Crippen MR) is 215 cm³/mol. The SMILES string of the molecule is CCCCCCCCC(CCCCCCCC)C(OC(C(CCCCCCCC)CCCCCCCC)C(CO)(CO)CO)C(CO)(CO)CO. The smallest absolute Gasteiger partial charge is 0.0729 e. The first kappa shape index (κ1) is 50.7. The number of aliphatic hydroxyl groups excluding tert-OH is 6. The first-order valence-corrected chi connectivity index (χ1v) is 22.2. The highest BCUT2D eigenvalue weighted by atomic mass is 16.5. The van der Waals surface area contributed by atoms with Crippen molar-refractivity contribution in [2.24, 2.45) is 22.7 Å². The second kappa shape index (κ2) is 34.2. The molecule has 0 aliphatic carbocycles. The predicted octanol–water partition coefficient (Wildman–Crippen LogP) is 9.90. The van der Waals surface area contributed by atoms with Gasteiger partial charge in [-0.3, -0.25) is 0 Å². The van der Waals surface area contributed by atoms with E-state index in [1.807, 2.05) is 0 Å². The van der Waals surface area contributed by atoms with Crippen LogP contribution >= 0.6 is 0 Å². The molecule has 0 saturated heterocycles. The van der Waals surface area contributed by atoms with E-state index in [-0.39, 0.29) is 11.8 Å². The normalized spacial score (nSPS) is 13.9. The molecule has 0 aliphatic heterocycles. The Morgan fingerprint density at radius 3 is 0.706 bits per heavy atom. The molecule has 0 bridgehead atoms. The Bertz CT molecular complexity index is 605. The molecule has 308 valence electrons. The van der Waals surface area contributed by atoms with Gasteiger partial charge in [0, 0.05) is 0 Å². The van der Waals surface area contributed by atoms with Crippen molar-refractivity contribution in [1.29, 1.82) is 0 Å². The highest BCUT2D eigenvalue weighted by molar-refractivity contribution is 4.97. The van der Waals surface area contributed by atoms with Gasteiger partial charge in [-0.25, -0.2) is 0 Å². The van der Waals surface area contributed by atoms with Gasteiger partial charge in [0.1, 0.15) is 0 Å². The van der Waals surface area contributed by atoms with Crippen molar-refractivity contribution in [2.45, 2.75) is 220 Å². The molecule has 7 nitrogen and oxygen atoms in total. The third-order valence-electron chi connectivity index (χ3n) is 12.0. The van der Waals surface area contributed by atoms with Crippen LogP contribution < -0.4 is 0 Å². The maximum atomic E-state index is 10.9. The van der Waals surface area contributed by atoms with Crippen LogP contribution in [0.25, 0.3) is 0 Å². The zero-order valence-corrected chi connectivity index (χ0v) is 34.4. The van der Waals surface area contributed by atoms with Gasteiger partial charge in [-0.15, -0.1) is 0 Å². The number of rotatable bonds is 40. The van der Waals surface area contributed by atoms with Crippen molar-refractivity contribution in [1.82, 2.24) is 0 Å². The van der Waals surface area contributed by atoms with Gasteiger partial charge in [-0.1, -0.05) is 182 Å². The van der Waals surface area contributed by atoms with Gasteiger partial charge in [-0.2, -0.15) is 0 Å². The molecule has 0 amide bonds. The topological polar surface area (TPSA) is 131 Å². The quantitative estimate of drug-likeness (QED) is 0.0346. The van der Waals surface area contributed by atoms with Gasteiger partial charge in [0.25, 0.3) is 0 Å². The minimum absolute atomic E-state index is 0.0196. The molecule has 0 aromatic rings. The molecule has 0 saturated carbocycles. The summed E-state index contributed by atoms with van der Waals surface area (Å²) >= 11 is 0. The van der Waals surface area contributed by atoms with Gasteiger partial charge < -0.3 is 35.4 Å². The average molecular weight is 731 g/mol. The molecule has 0 aromatic carbocycles. The molecule has 0 spiro atoms. The molecule has 0 aromatic heterocycles. The summed E-state index contributed by atoms with van der Waals surface area (Å²) in [4.78, 5) is 0. The van der Waals surface area contributed by atoms with E-state index in [1.165, 1.54) is 103 Å². The fraction of sp³-hybridized carbons (Fsp3) is 1.00. The Hall–Kier alpha value is -0.280. The van der Waals surface area contributed by atoms with Crippen molar-refractivity contribution in [3.63, 3.8) is 0 Å². The van der Waals surface area contributed by atoms with Crippen molar-refractivity contribution in [3.05, 3.63) is 0 Å². The van der Waals surface area contributed by atoms with Crippen LogP contribution in [-0.2, 0) is 4.74 Å². The van der Waals surface area contributed by atoms with Gasteiger partial charge in [0.15, 0.2) is 0 Å². The molecule has 0 fully saturated rings. The summed E-state index contributed by atoms with van der Waals surface area (Å²) in [6, 6.07) is 0. The summed E-state index contributed by atoms with van der Waals surface area (Å²) in [6.45, 7) is 6.35. The number of hydrogen-bond donors (Lipinski definition) is 6. The zero-order valence-electron chi connectivity index (χ0n) is 34.4. The van der Waals surface area contributed by atoms with Crippen LogP contribution in [0.2, 0.25) is 0 Å². The Balaban J connectivity index is 6.73. The Labute approximate surface area is 316 Å². The van der Waals surface area contributed by atoms with Gasteiger partial charge in [0.2, 0.25) is 0 Å². The van der Waals surface area contributed by atoms with E-state index >= 15 is 0 Å². The lowest BCUT2D eigenvalue weighted by atomic mass is 9.71. The van der Waals surface area contributed by atoms with Crippen molar-refractivity contribution >= 4 is 0 Å². The maximum Gasteiger partial charge on any atom is 0.0729 e. The lowest BCUT2D eigenvalue weighted by molar-refractivity contribution is -0.219. The second-order valence-corrected chi connectivity index (χ2v) is 16.4. The molecule has 0 heterocycles. The molecule has 2 atom stereocenters. The number of hydrogen-bond acceptors (Lipinski definition) is 7. The number of aliphatic hydroxyl groups is 6. The Kier molecular flexibility index (Phi) is 34.0. The van der Waals surface area contributed by atoms with Gasteiger partial charge >= 0.3 is 0 Å². The molecule has 7 heteroatoms. The maximum absolute atomic E-state index is 10.9. The highest BCUT2D eigenvalue weighted by Gasteiger charge is 2.49. The van der Waals surface area contributed by atoms with E-state index in [0.717, 1.165) is 77.0 Å². The molecule has 2 unspecified atom stereocenters. The molecule has 6 N–H and O–H groups in total. The second-order valence-electron chi connectivity index (χ2n) is 16.4. The van der Waals surface area contributed by atoms with Crippen LogP contribution in [0.5, 0.6) is 0 Å². The fourth-order valence-electron chi connectivity index (χ4n) is 8.15. The third-order valence-corrected chi connectivity index (χ3v) is 12.0. The Morgan fingerprint density at radius 2 is 0.510 bits per heavy atom. The molecule has 0 radical (unpaired) electrons. The lowest BCUT2D eigenvalue weighted by Crippen LogP contribution is -2.57. The van der Waals surface area contributed by atoms with Crippen LogP contribution in [0.3, 0.4) is 0 Å². The minimum atomic E-state index is -1.29. The number of unbranched alkanes of at least 4 members (excludes halogenated alkanes) is 20. The molecular weight excluding hydrogens is 640 g/mol. The standard InChI is InChI=1S/C44H90O7/c1-5-9-13-17-21-25-29-39(30-26-22-18-14-10-6-2)41(43(33-45,34-46)35-47)51-42(44(36-48,37-49)38-50)40(31-27-23-19-15-11-7-3)32-28-24-20-16-12-8-4/h39-42,45-50H,5-38H2,1-4H3. The molecular formula is C44H90O7. The van der Waals surface area contributed by atoms with E-state index in [4.69, 9.17) is 4.74 Å². The van der Waals surface area contributed by atoms with E-state index in [9.17, 15) is 30.6 Å². The first-order valence-electron chi connectivity index (χ1n) is 22.2. The van der Waals surface area contributed by atoms with Crippen LogP contribution in [-0.4, -0.2) is 82.5 Å². The molecule has 51 heavy (non-hydrogen) atoms. The summed E-state index contributed by atoms with van der Waals surface area (Å²) in [5, 5.41) is 65.4. The van der Waals surface area contributed by atoms with Gasteiger partial charge in [-0.05, 0) is 37.5 Å². The van der Waals surface area contributed by atoms with Crippen LogP contribution in [0, 0.1) is 22.7 Å². The zero-order chi connectivity index (χ0) is 38.1. The fourth-order valence-corrected chi connectivity index (χ4v) is 8.15. The average Bonchev–Trinajstić information content (AvgIpc) is 3.16. The summed E-state index contributed by atoms with van der Waals surface area (Å²) in [5.74, 6) is -0.0392. The number of ether oxygens (including phenoxy) is 1. The summed E-state index contributed by atoms with van der Waals surface area (Å²) < 4.78 is 7.27. The van der Waals surface area contributed by atoms with Crippen molar-refractivity contribution in [3.8, 4) is 0 Å². The van der Waals surface area contributed by atoms with E-state index in [1.54, 1.807) is 0 Å². The van der Waals surface area contributed by atoms with Crippen molar-refractivity contribution < 1.29 is 35.4 Å². The summed E-state index contributed by atoms with van der Waals surface area (Å²) in [7, 11) is 0. The van der Waals surface area contributed by atoms with Gasteiger partial charge in [0.05, 0.1) is 62.7 Å². The minimum Gasteiger partial charge on any atom is -0.396 e. The highest BCUT2D eigenvalue weighted by Crippen LogP contribution is 2.42. The first-order chi connectivity index (χ1) is 24.9. The summed E-state index contributed by atoms with van der Waals surface area (Å²) in [5.41, 5.74) is -2.57. The molecule has 0 aliphatic rings. The Morgan fingerprint density at radius 1 is 0.314 bits per heavy atom. The van der Waals surface area contributed by atoms with E-state index in [0.29, 0.717) is 0 Å². The van der Waals surface area contributed by atoms with Crippen LogP contribution in [0.15, 0.2) is 0 Å². The van der Waals surface area contributed by atoms with Crippen LogP contribution in [0.4, 0.5) is 0 Å². The largest absolute Gasteiger partial charge is 0.396 e. The van der Waals surface area contributed by atoms with Crippen LogP contribution in [0.1, 0.15) is 207 Å². The monoisotopic (exact) mass is 731 g/mol. The third kappa shape index (κ3) is 20.8. The van der Waals surface area contributed by atoms with Crippen molar-refractivity contribution in [2.75, 3.05) is 39.6 Å². The summed E-state index contributed by atoms with van der Waals surface area (Å²) in [6.07, 6.45) is 29.9. The molecule has 0 rings (SSSR count). The van der Waals surface area contributed by atoms with E-state index in [2.05, 4.69) is 27.7 Å². The lowest BCUT2D eigenvalue weighted by Gasteiger charge is -2.48. The van der Waals surface area contributed by atoms with E-state index < -0.39 is 62.7 Å².